The SMILES string of the molecule is CCCCc1ccc2c(c1)C(C)(CC)C(CC)(CCC1c3cccc4c(-c5cc(-c6ccccc6)cc(-c6ccccc6)c5)cn5c6ccccc6c(=O)[n+]1c5c34)[n+]1ccccc1-2. The quantitative estimate of drug-likeness (QED) is 0.0944. The van der Waals surface area contributed by atoms with Crippen molar-refractivity contribution in [2.24, 2.45) is 0 Å². The van der Waals surface area contributed by atoms with E-state index >= 15 is 4.79 Å². The van der Waals surface area contributed by atoms with Crippen LogP contribution in [-0.4, -0.2) is 4.40 Å². The van der Waals surface area contributed by atoms with E-state index in [4.69, 9.17) is 0 Å². The van der Waals surface area contributed by atoms with Crippen molar-refractivity contribution in [3.63, 3.8) is 0 Å². The highest BCUT2D eigenvalue weighted by molar-refractivity contribution is 6.07. The summed E-state index contributed by atoms with van der Waals surface area (Å²) in [4.78, 5) is 15.1. The second kappa shape index (κ2) is 15.3. The van der Waals surface area contributed by atoms with Crippen LogP contribution < -0.4 is 14.7 Å². The van der Waals surface area contributed by atoms with Gasteiger partial charge in [-0.2, -0.15) is 13.5 Å². The van der Waals surface area contributed by atoms with Gasteiger partial charge in [0.15, 0.2) is 11.7 Å². The fraction of sp³-hybridized carbons (Fsp3) is 0.237. The number of rotatable bonds is 11. The Labute approximate surface area is 370 Å². The molecule has 4 nitrogen and oxygen atoms in total. The third kappa shape index (κ3) is 5.90. The van der Waals surface area contributed by atoms with Crippen LogP contribution in [0.15, 0.2) is 175 Å². The van der Waals surface area contributed by atoms with E-state index < -0.39 is 0 Å². The molecule has 3 atom stereocenters. The summed E-state index contributed by atoms with van der Waals surface area (Å²) in [5, 5.41) is 3.11. The monoisotopic (exact) mass is 821 g/mol. The summed E-state index contributed by atoms with van der Waals surface area (Å²) >= 11 is 0. The van der Waals surface area contributed by atoms with Gasteiger partial charge < -0.3 is 0 Å². The zero-order valence-corrected chi connectivity index (χ0v) is 36.9. The van der Waals surface area contributed by atoms with E-state index in [1.165, 1.54) is 73.8 Å². The van der Waals surface area contributed by atoms with Crippen LogP contribution in [0.5, 0.6) is 0 Å². The second-order valence-electron chi connectivity index (χ2n) is 18.3. The topological polar surface area (TPSA) is 29.2 Å². The maximum absolute atomic E-state index is 15.1. The fourth-order valence-electron chi connectivity index (χ4n) is 11.9. The zero-order valence-electron chi connectivity index (χ0n) is 36.9. The predicted octanol–water partition coefficient (Wildman–Crippen LogP) is 13.4. The van der Waals surface area contributed by atoms with Gasteiger partial charge in [0.2, 0.25) is 5.69 Å². The van der Waals surface area contributed by atoms with Crippen molar-refractivity contribution >= 4 is 27.3 Å². The summed E-state index contributed by atoms with van der Waals surface area (Å²) in [6.07, 6.45) is 11.9. The molecule has 0 radical (unpaired) electrons. The van der Waals surface area contributed by atoms with Crippen molar-refractivity contribution in [1.29, 1.82) is 0 Å². The molecule has 0 amide bonds. The summed E-state index contributed by atoms with van der Waals surface area (Å²) in [5.41, 5.74) is 15.5. The van der Waals surface area contributed by atoms with Gasteiger partial charge in [0, 0.05) is 41.5 Å². The van der Waals surface area contributed by atoms with E-state index in [2.05, 4.69) is 199 Å². The molecule has 0 N–H and O–H groups in total. The zero-order chi connectivity index (χ0) is 42.9. The van der Waals surface area contributed by atoms with E-state index in [1.807, 2.05) is 12.1 Å². The number of aryl methyl sites for hydroxylation is 1. The highest BCUT2D eigenvalue weighted by atomic mass is 16.1. The number of nitrogens with zero attached hydrogens (tertiary/aromatic N) is 3. The number of benzene rings is 6. The van der Waals surface area contributed by atoms with Crippen LogP contribution in [0.3, 0.4) is 0 Å². The molecule has 6 aromatic carbocycles. The number of pyridine rings is 2. The minimum Gasteiger partial charge on any atom is -0.241 e. The summed E-state index contributed by atoms with van der Waals surface area (Å²) in [6, 6.07) is 57.4. The molecule has 2 aliphatic rings. The largest absolute Gasteiger partial charge is 0.346 e. The fourth-order valence-corrected chi connectivity index (χ4v) is 11.9. The Balaban J connectivity index is 1.12. The maximum atomic E-state index is 15.1. The lowest BCUT2D eigenvalue weighted by Crippen LogP contribution is -2.69. The van der Waals surface area contributed by atoms with Gasteiger partial charge in [-0.1, -0.05) is 130 Å². The van der Waals surface area contributed by atoms with Crippen molar-refractivity contribution in [1.82, 2.24) is 4.40 Å². The summed E-state index contributed by atoms with van der Waals surface area (Å²) < 4.78 is 7.13. The van der Waals surface area contributed by atoms with Gasteiger partial charge in [-0.25, -0.2) is 4.79 Å². The van der Waals surface area contributed by atoms with Crippen molar-refractivity contribution < 1.29 is 9.13 Å². The molecule has 63 heavy (non-hydrogen) atoms. The number of fused-ring (bicyclic) bond motifs is 5. The minimum absolute atomic E-state index is 0.0877. The molecule has 4 heteroatoms. The van der Waals surface area contributed by atoms with E-state index in [0.717, 1.165) is 59.8 Å². The molecule has 9 aromatic rings. The molecule has 0 fully saturated rings. The lowest BCUT2D eigenvalue weighted by atomic mass is 9.58. The van der Waals surface area contributed by atoms with Crippen molar-refractivity contribution in [2.45, 2.75) is 89.6 Å². The molecule has 310 valence electrons. The van der Waals surface area contributed by atoms with Crippen molar-refractivity contribution in [3.05, 3.63) is 197 Å². The van der Waals surface area contributed by atoms with Gasteiger partial charge in [-0.15, -0.1) is 0 Å². The van der Waals surface area contributed by atoms with Gasteiger partial charge in [-0.3, -0.25) is 0 Å². The number of para-hydroxylation sites is 1. The smallest absolute Gasteiger partial charge is 0.241 e. The van der Waals surface area contributed by atoms with Crippen LogP contribution in [0.25, 0.3) is 72.0 Å². The third-order valence-electron chi connectivity index (χ3n) is 15.3. The molecule has 0 spiro atoms. The van der Waals surface area contributed by atoms with Crippen molar-refractivity contribution in [3.8, 4) is 44.6 Å². The highest BCUT2D eigenvalue weighted by Gasteiger charge is 2.59. The number of unbranched alkanes of at least 4 members (excludes halogenated alkanes) is 1. The molecule has 0 aliphatic carbocycles. The van der Waals surface area contributed by atoms with Crippen LogP contribution in [0, 0.1) is 0 Å². The molecule has 0 bridgehead atoms. The van der Waals surface area contributed by atoms with E-state index in [9.17, 15) is 0 Å². The van der Waals surface area contributed by atoms with Gasteiger partial charge in [0.1, 0.15) is 23.1 Å². The molecule has 11 rings (SSSR count). The Morgan fingerprint density at radius 3 is 2.03 bits per heavy atom. The maximum Gasteiger partial charge on any atom is 0.346 e. The first kappa shape index (κ1) is 39.2. The van der Waals surface area contributed by atoms with E-state index in [0.29, 0.717) is 0 Å². The number of aromatic nitrogens is 3. The van der Waals surface area contributed by atoms with Crippen LogP contribution in [0.2, 0.25) is 0 Å². The summed E-state index contributed by atoms with van der Waals surface area (Å²) in [5.74, 6) is 0. The number of hydrogen-bond donors (Lipinski definition) is 0. The normalized spacial score (nSPS) is 18.6. The highest BCUT2D eigenvalue weighted by Crippen LogP contribution is 2.53. The third-order valence-corrected chi connectivity index (χ3v) is 15.3. The first-order valence-corrected chi connectivity index (χ1v) is 23.2. The average molecular weight is 822 g/mol. The Morgan fingerprint density at radius 2 is 1.32 bits per heavy atom. The second-order valence-corrected chi connectivity index (χ2v) is 18.3. The first-order chi connectivity index (χ1) is 30.9. The molecular weight excluding hydrogens is 767 g/mol. The Bertz CT molecular complexity index is 3240. The Hall–Kier alpha value is -6.65. The van der Waals surface area contributed by atoms with Crippen LogP contribution in [-0.2, 0) is 17.4 Å². The molecule has 0 saturated heterocycles. The van der Waals surface area contributed by atoms with Crippen LogP contribution in [0.4, 0.5) is 0 Å². The van der Waals surface area contributed by atoms with Gasteiger partial charge >= 0.3 is 5.56 Å². The summed E-state index contributed by atoms with van der Waals surface area (Å²) in [6.45, 7) is 9.59. The molecule has 3 aromatic heterocycles. The molecular formula is C59H55N3O+2. The first-order valence-electron chi connectivity index (χ1n) is 23.2. The molecule has 2 aliphatic heterocycles. The molecule has 5 heterocycles. The van der Waals surface area contributed by atoms with E-state index in [1.54, 1.807) is 0 Å². The van der Waals surface area contributed by atoms with Gasteiger partial charge in [0.25, 0.3) is 5.65 Å². The average Bonchev–Trinajstić information content (AvgIpc) is 3.69. The van der Waals surface area contributed by atoms with Crippen LogP contribution >= 0.6 is 0 Å². The lowest BCUT2D eigenvalue weighted by Gasteiger charge is -2.48. The summed E-state index contributed by atoms with van der Waals surface area (Å²) in [7, 11) is 0. The van der Waals surface area contributed by atoms with Gasteiger partial charge in [0.05, 0.1) is 16.4 Å². The lowest BCUT2D eigenvalue weighted by molar-refractivity contribution is -0.772. The van der Waals surface area contributed by atoms with E-state index in [-0.39, 0.29) is 22.6 Å². The van der Waals surface area contributed by atoms with Crippen molar-refractivity contribution in [2.75, 3.05) is 0 Å². The molecule has 0 saturated carbocycles. The Morgan fingerprint density at radius 1 is 0.635 bits per heavy atom. The predicted molar refractivity (Wildman–Crippen MR) is 259 cm³/mol. The van der Waals surface area contributed by atoms with Gasteiger partial charge in [-0.05, 0) is 114 Å². The minimum atomic E-state index is -0.221. The number of hydrogen-bond acceptors (Lipinski definition) is 1. The standard InChI is InChI=1S/C59H55N3O/c1-5-8-20-40-30-31-47-51(35-40)58(4,6-2)59(7-3,61-34-18-17-29-53(47)61)33-32-54-48-27-19-26-46-50(39-60-52-28-16-15-25-49(52)57(63)62(54)56(60)55(46)48)45-37-43(41-21-11-9-12-22-41)36-44(38-45)42-23-13-10-14-24-42/h9-19,21-31,34-39,54H,5-8,20,32-33H2,1-4H3/q+2. The molecule has 3 unspecified atom stereocenters. The van der Waals surface area contributed by atoms with Crippen LogP contribution in [0.1, 0.15) is 89.0 Å². The Kier molecular flexibility index (Phi) is 9.53.